The highest BCUT2D eigenvalue weighted by atomic mass is 16.2. The van der Waals surface area contributed by atoms with E-state index in [2.05, 4.69) is 35.1 Å². The summed E-state index contributed by atoms with van der Waals surface area (Å²) >= 11 is 0. The summed E-state index contributed by atoms with van der Waals surface area (Å²) in [7, 11) is 0. The number of nitrogens with one attached hydrogen (secondary N) is 4. The van der Waals surface area contributed by atoms with Crippen LogP contribution < -0.4 is 21.3 Å². The molecule has 0 aliphatic heterocycles. The molecule has 0 aliphatic rings. The van der Waals surface area contributed by atoms with Crippen molar-refractivity contribution < 1.29 is 9.59 Å². The molecule has 6 heteroatoms. The third kappa shape index (κ3) is 33.1. The van der Waals surface area contributed by atoms with Crippen molar-refractivity contribution in [3.8, 4) is 0 Å². The second-order valence-electron chi connectivity index (χ2n) is 11.8. The molecule has 0 aromatic rings. The molecule has 40 heavy (non-hydrogen) atoms. The molecule has 0 saturated carbocycles. The van der Waals surface area contributed by atoms with Crippen molar-refractivity contribution in [2.75, 3.05) is 39.3 Å². The maximum atomic E-state index is 12.0. The van der Waals surface area contributed by atoms with E-state index in [1.54, 1.807) is 0 Å². The Labute approximate surface area is 249 Å². The quantitative estimate of drug-likeness (QED) is 0.0611. The van der Waals surface area contributed by atoms with Crippen LogP contribution in [0, 0.1) is 0 Å². The van der Waals surface area contributed by atoms with Crippen LogP contribution in [0.1, 0.15) is 168 Å². The van der Waals surface area contributed by atoms with Gasteiger partial charge in [0.05, 0.1) is 0 Å². The third-order valence-corrected chi connectivity index (χ3v) is 7.74. The molecular formula is C34H70N4O2. The minimum atomic E-state index is 0.180. The van der Waals surface area contributed by atoms with Crippen LogP contribution in [-0.2, 0) is 9.59 Å². The van der Waals surface area contributed by atoms with Gasteiger partial charge in [0.1, 0.15) is 0 Å². The normalized spacial score (nSPS) is 11.2. The molecule has 6 nitrogen and oxygen atoms in total. The highest BCUT2D eigenvalue weighted by molar-refractivity contribution is 5.76. The highest BCUT2D eigenvalue weighted by Crippen LogP contribution is 2.13. The minimum absolute atomic E-state index is 0.180. The van der Waals surface area contributed by atoms with Crippen LogP contribution in [0.15, 0.2) is 0 Å². The summed E-state index contributed by atoms with van der Waals surface area (Å²) in [6.07, 6.45) is 30.1. The number of carbonyl (C=O) groups is 2. The van der Waals surface area contributed by atoms with Crippen LogP contribution in [0.25, 0.3) is 0 Å². The fourth-order valence-electron chi connectivity index (χ4n) is 5.08. The average Bonchev–Trinajstić information content (AvgIpc) is 2.95. The molecule has 0 unspecified atom stereocenters. The molecule has 0 rings (SSSR count). The van der Waals surface area contributed by atoms with E-state index < -0.39 is 0 Å². The van der Waals surface area contributed by atoms with Gasteiger partial charge in [-0.3, -0.25) is 9.59 Å². The first-order valence-corrected chi connectivity index (χ1v) is 17.7. The standard InChI is InChI=1S/C34H70N4O2/c1-3-5-7-9-11-13-15-17-19-21-23-25-33(39)37-31-29-35-27-28-36-30-32-38-34(40)26-24-22-20-18-16-14-12-10-8-6-4-2/h35-36H,3-32H2,1-2H3,(H,37,39)(H,38,40). The van der Waals surface area contributed by atoms with Crippen LogP contribution in [0.5, 0.6) is 0 Å². The summed E-state index contributed by atoms with van der Waals surface area (Å²) in [6, 6.07) is 0. The van der Waals surface area contributed by atoms with Gasteiger partial charge in [-0.2, -0.15) is 0 Å². The van der Waals surface area contributed by atoms with Crippen LogP contribution in [0.2, 0.25) is 0 Å². The number of hydrogen-bond donors (Lipinski definition) is 4. The van der Waals surface area contributed by atoms with E-state index in [1.807, 2.05) is 0 Å². The summed E-state index contributed by atoms with van der Waals surface area (Å²) in [5.74, 6) is 0.361. The van der Waals surface area contributed by atoms with Gasteiger partial charge in [-0.25, -0.2) is 0 Å². The molecule has 2 amide bonds. The Balaban J connectivity index is 3.23. The minimum Gasteiger partial charge on any atom is -0.355 e. The molecule has 0 bridgehead atoms. The lowest BCUT2D eigenvalue weighted by atomic mass is 10.1. The molecule has 0 fully saturated rings. The molecule has 0 radical (unpaired) electrons. The van der Waals surface area contributed by atoms with Gasteiger partial charge in [0.2, 0.25) is 11.8 Å². The summed E-state index contributed by atoms with van der Waals surface area (Å²) < 4.78 is 0. The van der Waals surface area contributed by atoms with Crippen molar-refractivity contribution in [3.63, 3.8) is 0 Å². The molecule has 238 valence electrons. The van der Waals surface area contributed by atoms with Gasteiger partial charge in [-0.05, 0) is 12.8 Å². The fraction of sp³-hybridized carbons (Fsp3) is 0.941. The summed E-state index contributed by atoms with van der Waals surface area (Å²) in [5, 5.41) is 12.7. The fourth-order valence-corrected chi connectivity index (χ4v) is 5.08. The SMILES string of the molecule is CCCCCCCCCCCCCC(=O)NCCNCCNCCNC(=O)CCCCCCCCCCCCC. The molecule has 0 heterocycles. The highest BCUT2D eigenvalue weighted by Gasteiger charge is 2.02. The van der Waals surface area contributed by atoms with E-state index in [-0.39, 0.29) is 11.8 Å². The van der Waals surface area contributed by atoms with Crippen molar-refractivity contribution in [1.29, 1.82) is 0 Å². The Morgan fingerprint density at radius 3 is 0.900 bits per heavy atom. The first-order valence-electron chi connectivity index (χ1n) is 17.7. The Morgan fingerprint density at radius 1 is 0.350 bits per heavy atom. The molecule has 0 aromatic heterocycles. The smallest absolute Gasteiger partial charge is 0.220 e. The van der Waals surface area contributed by atoms with Crippen molar-refractivity contribution >= 4 is 11.8 Å². The van der Waals surface area contributed by atoms with Gasteiger partial charge >= 0.3 is 0 Å². The van der Waals surface area contributed by atoms with E-state index in [0.29, 0.717) is 25.9 Å². The molecule has 0 spiro atoms. The topological polar surface area (TPSA) is 82.3 Å². The summed E-state index contributed by atoms with van der Waals surface area (Å²) in [4.78, 5) is 23.9. The number of rotatable bonds is 33. The lowest BCUT2D eigenvalue weighted by molar-refractivity contribution is -0.122. The number of hydrogen-bond acceptors (Lipinski definition) is 4. The van der Waals surface area contributed by atoms with Crippen molar-refractivity contribution in [2.24, 2.45) is 0 Å². The Hall–Kier alpha value is -1.14. The maximum absolute atomic E-state index is 12.0. The van der Waals surface area contributed by atoms with E-state index in [4.69, 9.17) is 0 Å². The van der Waals surface area contributed by atoms with Gasteiger partial charge in [0.25, 0.3) is 0 Å². The molecule has 0 saturated heterocycles. The lowest BCUT2D eigenvalue weighted by Crippen LogP contribution is -2.37. The molecule has 0 aromatic carbocycles. The second kappa shape index (κ2) is 34.1. The zero-order valence-electron chi connectivity index (χ0n) is 27.0. The second-order valence-corrected chi connectivity index (χ2v) is 11.8. The summed E-state index contributed by atoms with van der Waals surface area (Å²) in [5.41, 5.74) is 0. The number of carbonyl (C=O) groups excluding carboxylic acids is 2. The van der Waals surface area contributed by atoms with E-state index in [0.717, 1.165) is 39.0 Å². The number of unbranched alkanes of at least 4 members (excludes halogenated alkanes) is 20. The summed E-state index contributed by atoms with van der Waals surface area (Å²) in [6.45, 7) is 9.22. The lowest BCUT2D eigenvalue weighted by Gasteiger charge is -2.09. The molecule has 4 N–H and O–H groups in total. The number of amides is 2. The first kappa shape index (κ1) is 38.9. The van der Waals surface area contributed by atoms with Crippen LogP contribution in [-0.4, -0.2) is 51.1 Å². The van der Waals surface area contributed by atoms with E-state index >= 15 is 0 Å². The molecule has 0 atom stereocenters. The zero-order chi connectivity index (χ0) is 29.2. The Bertz CT molecular complexity index is 484. The van der Waals surface area contributed by atoms with Gasteiger partial charge in [-0.1, -0.05) is 142 Å². The molecular weight excluding hydrogens is 496 g/mol. The van der Waals surface area contributed by atoms with Crippen molar-refractivity contribution in [3.05, 3.63) is 0 Å². The average molecular weight is 567 g/mol. The first-order chi connectivity index (χ1) is 19.7. The van der Waals surface area contributed by atoms with Gasteiger partial charge < -0.3 is 21.3 Å². The molecule has 0 aliphatic carbocycles. The zero-order valence-corrected chi connectivity index (χ0v) is 27.0. The monoisotopic (exact) mass is 567 g/mol. The largest absolute Gasteiger partial charge is 0.355 e. The van der Waals surface area contributed by atoms with Crippen LogP contribution in [0.4, 0.5) is 0 Å². The van der Waals surface area contributed by atoms with Crippen molar-refractivity contribution in [2.45, 2.75) is 168 Å². The van der Waals surface area contributed by atoms with Crippen LogP contribution in [0.3, 0.4) is 0 Å². The third-order valence-electron chi connectivity index (χ3n) is 7.74. The van der Waals surface area contributed by atoms with Crippen LogP contribution >= 0.6 is 0 Å². The van der Waals surface area contributed by atoms with E-state index in [9.17, 15) is 9.59 Å². The van der Waals surface area contributed by atoms with E-state index in [1.165, 1.54) is 128 Å². The van der Waals surface area contributed by atoms with Gasteiger partial charge in [0.15, 0.2) is 0 Å². The maximum Gasteiger partial charge on any atom is 0.220 e. The predicted octanol–water partition coefficient (Wildman–Crippen LogP) is 7.80. The Morgan fingerprint density at radius 2 is 0.600 bits per heavy atom. The van der Waals surface area contributed by atoms with Gasteiger partial charge in [-0.15, -0.1) is 0 Å². The van der Waals surface area contributed by atoms with Crippen molar-refractivity contribution in [1.82, 2.24) is 21.3 Å². The Kier molecular flexibility index (Phi) is 33.1. The predicted molar refractivity (Wildman–Crippen MR) is 174 cm³/mol. The van der Waals surface area contributed by atoms with Gasteiger partial charge in [0, 0.05) is 52.1 Å².